The number of rotatable bonds is 12. The molecule has 0 aliphatic rings. The number of hydrogen-bond donors (Lipinski definition) is 1. The first-order valence-electron chi connectivity index (χ1n) is 18.9. The minimum atomic E-state index is -0.554. The number of fused-ring (bicyclic) bond motifs is 2. The third-order valence-corrected chi connectivity index (χ3v) is 9.94. The maximum Gasteiger partial charge on any atom is 0.298 e. The molecule has 0 aliphatic heterocycles. The minimum absolute atomic E-state index is 0.296. The van der Waals surface area contributed by atoms with Crippen LogP contribution in [-0.4, -0.2) is 62.2 Å². The monoisotopic (exact) mass is 761 g/mol. The fourth-order valence-electron chi connectivity index (χ4n) is 6.92. The minimum Gasteiger partial charge on any atom is -0.491 e. The summed E-state index contributed by atoms with van der Waals surface area (Å²) in [6.45, 7) is 18.1. The van der Waals surface area contributed by atoms with Gasteiger partial charge >= 0.3 is 0 Å². The summed E-state index contributed by atoms with van der Waals surface area (Å²) in [7, 11) is 3.71. The molecule has 0 saturated carbocycles. The molecule has 56 heavy (non-hydrogen) atoms. The van der Waals surface area contributed by atoms with Gasteiger partial charge in [0.1, 0.15) is 22.7 Å². The summed E-state index contributed by atoms with van der Waals surface area (Å²) in [6.07, 6.45) is 0. The van der Waals surface area contributed by atoms with Crippen LogP contribution in [0.4, 0.5) is 0 Å². The molecule has 0 spiro atoms. The van der Waals surface area contributed by atoms with Crippen LogP contribution >= 0.6 is 0 Å². The van der Waals surface area contributed by atoms with Crippen LogP contribution in [0.3, 0.4) is 0 Å². The highest BCUT2D eigenvalue weighted by molar-refractivity contribution is 5.97. The molecular weight excluding hydrogens is 711 g/mol. The average molecular weight is 762 g/mol. The van der Waals surface area contributed by atoms with E-state index >= 15 is 0 Å². The van der Waals surface area contributed by atoms with E-state index in [1.807, 2.05) is 93.6 Å². The predicted octanol–water partition coefficient (Wildman–Crippen LogP) is 4.98. The van der Waals surface area contributed by atoms with Crippen LogP contribution in [0.1, 0.15) is 84.3 Å². The molecule has 2 N–H and O–H groups in total. The molecule has 294 valence electrons. The topological polar surface area (TPSA) is 167 Å². The van der Waals surface area contributed by atoms with Crippen LogP contribution in [0.25, 0.3) is 22.1 Å². The Kier molecular flexibility index (Phi) is 11.2. The first-order valence-corrected chi connectivity index (χ1v) is 18.9. The number of carbonyl (C=O) groups is 3. The number of aryl methyl sites for hydroxylation is 6. The van der Waals surface area contributed by atoms with E-state index < -0.39 is 17.7 Å². The number of benzene rings is 2. The average Bonchev–Trinajstić information content (AvgIpc) is 3.89. The summed E-state index contributed by atoms with van der Waals surface area (Å²) in [5, 5.41) is 8.91. The van der Waals surface area contributed by atoms with Crippen LogP contribution in [0.5, 0.6) is 5.75 Å². The molecule has 0 unspecified atom stereocenters. The molecule has 15 nitrogen and oxygen atoms in total. The fourth-order valence-corrected chi connectivity index (χ4v) is 6.92. The van der Waals surface area contributed by atoms with E-state index in [-0.39, 0.29) is 0 Å². The van der Waals surface area contributed by atoms with E-state index in [1.54, 1.807) is 38.2 Å². The Hall–Kier alpha value is -6.25. The van der Waals surface area contributed by atoms with Crippen molar-refractivity contribution in [2.45, 2.75) is 81.6 Å². The number of aromatic nitrogens is 8. The van der Waals surface area contributed by atoms with Gasteiger partial charge in [0.05, 0.1) is 34.5 Å². The van der Waals surface area contributed by atoms with Gasteiger partial charge in [0.15, 0.2) is 0 Å². The second-order valence-corrected chi connectivity index (χ2v) is 14.7. The lowest BCUT2D eigenvalue weighted by molar-refractivity contribution is 0.0977. The van der Waals surface area contributed by atoms with Crippen LogP contribution in [0.15, 0.2) is 69.7 Å². The number of allylic oxidation sites excluding steroid dienone is 2. The molecule has 0 bridgehead atoms. The van der Waals surface area contributed by atoms with E-state index in [2.05, 4.69) is 29.0 Å². The van der Waals surface area contributed by atoms with Gasteiger partial charge in [0.25, 0.3) is 11.8 Å². The van der Waals surface area contributed by atoms with Crippen molar-refractivity contribution < 1.29 is 19.1 Å². The third-order valence-electron chi connectivity index (χ3n) is 9.94. The van der Waals surface area contributed by atoms with Crippen molar-refractivity contribution in [3.63, 3.8) is 0 Å². The molecule has 2 aromatic carbocycles. The Morgan fingerprint density at radius 3 is 1.82 bits per heavy atom. The second-order valence-electron chi connectivity index (χ2n) is 14.7. The van der Waals surface area contributed by atoms with Crippen molar-refractivity contribution in [3.8, 4) is 5.75 Å². The van der Waals surface area contributed by atoms with Crippen molar-refractivity contribution in [1.29, 1.82) is 0 Å². The van der Waals surface area contributed by atoms with Gasteiger partial charge in [-0.1, -0.05) is 31.1 Å². The van der Waals surface area contributed by atoms with Crippen molar-refractivity contribution in [2.24, 2.45) is 35.7 Å². The van der Waals surface area contributed by atoms with Crippen LogP contribution in [0, 0.1) is 19.8 Å². The molecule has 3 amide bonds. The number of nitrogens with zero attached hydrogens (tertiary/aromatic N) is 10. The van der Waals surface area contributed by atoms with Gasteiger partial charge in [-0.25, -0.2) is 0 Å². The van der Waals surface area contributed by atoms with Gasteiger partial charge in [-0.15, -0.1) is 0 Å². The van der Waals surface area contributed by atoms with Gasteiger partial charge in [-0.05, 0) is 89.9 Å². The quantitative estimate of drug-likeness (QED) is 0.173. The number of amides is 3. The molecule has 6 rings (SSSR count). The zero-order valence-electron chi connectivity index (χ0n) is 33.9. The molecule has 6 aromatic rings. The Morgan fingerprint density at radius 2 is 1.29 bits per heavy atom. The van der Waals surface area contributed by atoms with Gasteiger partial charge in [-0.3, -0.25) is 23.7 Å². The number of carbonyl (C=O) groups excluding carboxylic acids is 3. The van der Waals surface area contributed by atoms with Gasteiger partial charge in [-0.2, -0.15) is 20.2 Å². The molecule has 4 aromatic heterocycles. The van der Waals surface area contributed by atoms with Gasteiger partial charge in [0.2, 0.25) is 17.1 Å². The Balaban J connectivity index is 1.52. The summed E-state index contributed by atoms with van der Waals surface area (Å²) in [6, 6.07) is 14.6. The highest BCUT2D eigenvalue weighted by Crippen LogP contribution is 2.27. The summed E-state index contributed by atoms with van der Waals surface area (Å²) >= 11 is 0. The zero-order valence-corrected chi connectivity index (χ0v) is 33.9. The molecule has 15 heteroatoms. The molecule has 0 atom stereocenters. The first kappa shape index (κ1) is 39.4. The summed E-state index contributed by atoms with van der Waals surface area (Å²) in [5.74, 6) is -0.398. The summed E-state index contributed by atoms with van der Waals surface area (Å²) < 4.78 is 17.4. The molecule has 0 fully saturated rings. The molecular formula is C41H51N11O4. The van der Waals surface area contributed by atoms with Gasteiger partial charge in [0, 0.05) is 45.8 Å². The number of imidazole rings is 2. The maximum atomic E-state index is 13.8. The Morgan fingerprint density at radius 1 is 0.750 bits per heavy atom. The number of para-hydroxylation sites is 1. The lowest BCUT2D eigenvalue weighted by Crippen LogP contribution is -2.28. The fraction of sp³-hybridized carbons (Fsp3) is 0.390. The first-order chi connectivity index (χ1) is 26.6. The zero-order chi connectivity index (χ0) is 40.6. The summed E-state index contributed by atoms with van der Waals surface area (Å²) in [5.41, 5.74) is 14.2. The number of primary amides is 1. The predicted molar refractivity (Wildman–Crippen MR) is 214 cm³/mol. The molecule has 0 saturated heterocycles. The largest absolute Gasteiger partial charge is 0.491 e. The van der Waals surface area contributed by atoms with E-state index in [4.69, 9.17) is 15.5 Å². The number of hydrogen-bond acceptors (Lipinski definition) is 6. The summed E-state index contributed by atoms with van der Waals surface area (Å²) in [4.78, 5) is 49.1. The van der Waals surface area contributed by atoms with E-state index in [1.165, 1.54) is 0 Å². The Bertz CT molecular complexity index is 2690. The normalized spacial score (nSPS) is 13.1. The van der Waals surface area contributed by atoms with E-state index in [0.29, 0.717) is 78.2 Å². The van der Waals surface area contributed by atoms with E-state index in [9.17, 15) is 14.4 Å². The maximum absolute atomic E-state index is 13.8. The van der Waals surface area contributed by atoms with E-state index in [0.717, 1.165) is 39.1 Å². The van der Waals surface area contributed by atoms with Crippen LogP contribution in [-0.2, 0) is 40.3 Å². The Labute approximate surface area is 325 Å². The van der Waals surface area contributed by atoms with Gasteiger partial charge < -0.3 is 28.7 Å². The lowest BCUT2D eigenvalue weighted by atomic mass is 10.1. The second kappa shape index (κ2) is 15.8. The van der Waals surface area contributed by atoms with Crippen molar-refractivity contribution in [1.82, 2.24) is 37.8 Å². The van der Waals surface area contributed by atoms with Crippen molar-refractivity contribution in [2.75, 3.05) is 6.61 Å². The smallest absolute Gasteiger partial charge is 0.298 e. The highest BCUT2D eigenvalue weighted by atomic mass is 16.5. The molecule has 0 aliphatic carbocycles. The van der Waals surface area contributed by atoms with Crippen molar-refractivity contribution >= 4 is 39.8 Å². The molecule has 4 heterocycles. The highest BCUT2D eigenvalue weighted by Gasteiger charge is 2.21. The SMILES string of the molecule is CCn1nc(C)cc1C(=O)N=c1n(C)c2cc(C(N)=O)ccc2n1C/C(C)=C(\C)Cn1c(=NC(=O)c2cc(C)nn2CC)n(C)c2cccc(OCC(C)C)c21. The molecule has 0 radical (unpaired) electrons. The number of nitrogens with two attached hydrogens (primary N) is 1. The van der Waals surface area contributed by atoms with Crippen molar-refractivity contribution in [3.05, 3.63) is 99.3 Å². The standard InChI is InChI=1S/C41H51N11O4/c1-11-51-33(18-27(7)45-51)38(54)43-40-48(10)32-20-29(37(42)53)16-17-30(32)49(40)21-25(5)26(6)22-50-36-31(14-13-15-35(36)56-23-24(3)4)47(9)41(50)44-39(55)34-19-28(8)46-52(34)12-2/h13-20,24H,11-12,21-23H2,1-10H3,(H2,42,53)/b26-25+,43-40?,44-41?. The number of ether oxygens (including phenoxy) is 1. The van der Waals surface area contributed by atoms with Crippen LogP contribution < -0.4 is 21.7 Å². The lowest BCUT2D eigenvalue weighted by Gasteiger charge is -2.14. The van der Waals surface area contributed by atoms with Crippen LogP contribution in [0.2, 0.25) is 0 Å². The third kappa shape index (κ3) is 7.53.